The molecule has 0 spiro atoms. The second-order valence-corrected chi connectivity index (χ2v) is 28.0. The summed E-state index contributed by atoms with van der Waals surface area (Å²) in [5.41, 5.74) is 13.0. The van der Waals surface area contributed by atoms with E-state index >= 15 is 0 Å². The van der Waals surface area contributed by atoms with Gasteiger partial charge in [-0.15, -0.1) is 0 Å². The first-order valence-corrected chi connectivity index (χ1v) is 26.5. The van der Waals surface area contributed by atoms with Crippen LogP contribution in [0.5, 0.6) is 0 Å². The van der Waals surface area contributed by atoms with Crippen molar-refractivity contribution >= 4 is 71.8 Å². The van der Waals surface area contributed by atoms with Crippen LogP contribution in [0.25, 0.3) is 32.7 Å². The molecule has 0 heterocycles. The van der Waals surface area contributed by atoms with Gasteiger partial charge in [0.15, 0.2) is 0 Å². The van der Waals surface area contributed by atoms with Crippen molar-refractivity contribution in [3.05, 3.63) is 193 Å². The molecule has 8 aromatic rings. The van der Waals surface area contributed by atoms with E-state index < -0.39 is 16.1 Å². The van der Waals surface area contributed by atoms with E-state index in [1.807, 2.05) is 0 Å². The Morgan fingerprint density at radius 3 is 1.33 bits per heavy atom. The van der Waals surface area contributed by atoms with E-state index in [9.17, 15) is 0 Å². The molecule has 0 unspecified atom stereocenters. The fourth-order valence-corrected chi connectivity index (χ4v) is 23.2. The van der Waals surface area contributed by atoms with E-state index in [-0.39, 0.29) is 4.66 Å². The third-order valence-corrected chi connectivity index (χ3v) is 21.9. The summed E-state index contributed by atoms with van der Waals surface area (Å²) in [7, 11) is -4.08. The monoisotopic (exact) mass is 744 g/mol. The first-order chi connectivity index (χ1) is 26.6. The Balaban J connectivity index is 1.36. The zero-order valence-electron chi connectivity index (χ0n) is 32.7. The lowest BCUT2D eigenvalue weighted by Crippen LogP contribution is -2.63. The van der Waals surface area contributed by atoms with E-state index in [4.69, 9.17) is 0 Å². The third-order valence-electron chi connectivity index (χ3n) is 11.9. The predicted molar refractivity (Wildman–Crippen MR) is 244 cm³/mol. The zero-order chi connectivity index (χ0) is 38.0. The van der Waals surface area contributed by atoms with Gasteiger partial charge in [0.25, 0.3) is 0 Å². The topological polar surface area (TPSA) is 6.48 Å². The molecule has 0 saturated carbocycles. The minimum Gasteiger partial charge on any atom is -0.310 e. The second kappa shape index (κ2) is 13.3. The summed E-state index contributed by atoms with van der Waals surface area (Å²) in [4.78, 5) is 4.87. The molecule has 0 aromatic heterocycles. The maximum Gasteiger partial charge on any atom is 0.0579 e. The molecule has 0 fully saturated rings. The van der Waals surface area contributed by atoms with Gasteiger partial charge in [-0.1, -0.05) is 155 Å². The Bertz CT molecular complexity index is 2570. The Hall–Kier alpha value is -5.69. The maximum absolute atomic E-state index is 2.63. The normalized spacial score (nSPS) is 13.4. The van der Waals surface area contributed by atoms with E-state index in [1.165, 1.54) is 61.0 Å². The standard InChI is InChI=1S/C51H48N2Si2/c1-54(2,3)51(55(4,5)6)47-36-48(53(40-25-15-9-16-26-40)41-27-17-10-18-28-41)44-29-19-20-30-45(44)49(47)46-33-31-37-35-42(32-34-43(37)50(46)51)52(38-21-11-7-12-22-38)39-23-13-8-14-24-39/h7-36H,1-6H3. The highest BCUT2D eigenvalue weighted by Crippen LogP contribution is 2.62. The summed E-state index contributed by atoms with van der Waals surface area (Å²) in [6.07, 6.45) is 0. The molecular weight excluding hydrogens is 697 g/mol. The van der Waals surface area contributed by atoms with Gasteiger partial charge >= 0.3 is 0 Å². The molecule has 270 valence electrons. The second-order valence-electron chi connectivity index (χ2n) is 17.0. The molecule has 0 atom stereocenters. The summed E-state index contributed by atoms with van der Waals surface area (Å²) in [6, 6.07) is 67.2. The maximum atomic E-state index is 2.63. The Kier molecular flexibility index (Phi) is 8.45. The smallest absolute Gasteiger partial charge is 0.0579 e. The van der Waals surface area contributed by atoms with Crippen LogP contribution < -0.4 is 9.80 Å². The molecule has 0 bridgehead atoms. The Labute approximate surface area is 328 Å². The van der Waals surface area contributed by atoms with Crippen molar-refractivity contribution in [3.63, 3.8) is 0 Å². The molecule has 0 aliphatic heterocycles. The molecule has 4 heteroatoms. The quantitative estimate of drug-likeness (QED) is 0.143. The highest BCUT2D eigenvalue weighted by Gasteiger charge is 2.60. The van der Waals surface area contributed by atoms with Crippen LogP contribution in [-0.4, -0.2) is 16.1 Å². The molecule has 55 heavy (non-hydrogen) atoms. The van der Waals surface area contributed by atoms with Crippen molar-refractivity contribution in [2.45, 2.75) is 43.9 Å². The van der Waals surface area contributed by atoms with Crippen molar-refractivity contribution in [3.8, 4) is 11.1 Å². The summed E-state index contributed by atoms with van der Waals surface area (Å²) >= 11 is 0. The number of benzene rings is 8. The van der Waals surface area contributed by atoms with Crippen LogP contribution in [0.4, 0.5) is 34.1 Å². The van der Waals surface area contributed by atoms with Gasteiger partial charge in [0.05, 0.1) is 21.8 Å². The number of nitrogens with zero attached hydrogens (tertiary/aromatic N) is 2. The molecule has 8 aromatic carbocycles. The third kappa shape index (κ3) is 5.50. The van der Waals surface area contributed by atoms with Crippen LogP contribution in [0.1, 0.15) is 11.1 Å². The van der Waals surface area contributed by atoms with Crippen LogP contribution >= 0.6 is 0 Å². The van der Waals surface area contributed by atoms with E-state index in [0.29, 0.717) is 0 Å². The lowest BCUT2D eigenvalue weighted by atomic mass is 9.94. The summed E-state index contributed by atoms with van der Waals surface area (Å²) in [5, 5.41) is 5.29. The SMILES string of the molecule is C[Si](C)(C)C1([Si](C)(C)C)c2cc(N(c3ccccc3)c3ccccc3)c3ccccc3c2-c2ccc3cc(N(c4ccccc4)c4ccccc4)ccc3c21. The number of fused-ring (bicyclic) bond motifs is 7. The molecule has 0 saturated heterocycles. The summed E-state index contributed by atoms with van der Waals surface area (Å²) < 4.78 is -0.0674. The lowest BCUT2D eigenvalue weighted by Gasteiger charge is -2.52. The first kappa shape index (κ1) is 35.0. The predicted octanol–water partition coefficient (Wildman–Crippen LogP) is 15.0. The highest BCUT2D eigenvalue weighted by atomic mass is 28.4. The molecule has 2 nitrogen and oxygen atoms in total. The molecule has 1 aliphatic carbocycles. The van der Waals surface area contributed by atoms with Gasteiger partial charge in [0.1, 0.15) is 0 Å². The van der Waals surface area contributed by atoms with E-state index in [1.54, 1.807) is 5.56 Å². The molecule has 1 aliphatic rings. The van der Waals surface area contributed by atoms with Crippen LogP contribution in [0.15, 0.2) is 182 Å². The molecular formula is C51H48N2Si2. The van der Waals surface area contributed by atoms with Gasteiger partial charge in [-0.05, 0) is 105 Å². The number of rotatable bonds is 8. The summed E-state index contributed by atoms with van der Waals surface area (Å²) in [6.45, 7) is 15.8. The number of hydrogen-bond donors (Lipinski definition) is 0. The van der Waals surface area contributed by atoms with Crippen molar-refractivity contribution < 1.29 is 0 Å². The van der Waals surface area contributed by atoms with Gasteiger partial charge in [-0.2, -0.15) is 0 Å². The Morgan fingerprint density at radius 2 is 0.836 bits per heavy atom. The molecule has 0 radical (unpaired) electrons. The zero-order valence-corrected chi connectivity index (χ0v) is 34.7. The van der Waals surface area contributed by atoms with Gasteiger partial charge in [-0.3, -0.25) is 0 Å². The molecule has 9 rings (SSSR count). The van der Waals surface area contributed by atoms with Crippen LogP contribution in [0.3, 0.4) is 0 Å². The van der Waals surface area contributed by atoms with Gasteiger partial charge in [-0.25, -0.2) is 0 Å². The minimum absolute atomic E-state index is 0.0674. The van der Waals surface area contributed by atoms with Crippen molar-refractivity contribution in [2.24, 2.45) is 0 Å². The van der Waals surface area contributed by atoms with Gasteiger partial charge in [0, 0.05) is 38.5 Å². The fourth-order valence-electron chi connectivity index (χ4n) is 10.2. The number of hydrogen-bond acceptors (Lipinski definition) is 2. The van der Waals surface area contributed by atoms with Crippen LogP contribution in [0, 0.1) is 0 Å². The lowest BCUT2D eigenvalue weighted by molar-refractivity contribution is 0.962. The van der Waals surface area contributed by atoms with E-state index in [2.05, 4.69) is 231 Å². The van der Waals surface area contributed by atoms with Crippen LogP contribution in [0.2, 0.25) is 39.3 Å². The average Bonchev–Trinajstić information content (AvgIpc) is 3.52. The Morgan fingerprint density at radius 1 is 0.382 bits per heavy atom. The number of anilines is 6. The summed E-state index contributed by atoms with van der Waals surface area (Å²) in [5.74, 6) is 0. The highest BCUT2D eigenvalue weighted by molar-refractivity contribution is 7.00. The minimum atomic E-state index is -2.04. The first-order valence-electron chi connectivity index (χ1n) is 19.5. The fraction of sp³-hybridized carbons (Fsp3) is 0.137. The van der Waals surface area contributed by atoms with Crippen molar-refractivity contribution in [2.75, 3.05) is 9.80 Å². The van der Waals surface area contributed by atoms with Gasteiger partial charge in [0.2, 0.25) is 0 Å². The van der Waals surface area contributed by atoms with Crippen molar-refractivity contribution in [1.29, 1.82) is 0 Å². The van der Waals surface area contributed by atoms with Crippen molar-refractivity contribution in [1.82, 2.24) is 0 Å². The molecule has 0 amide bonds. The van der Waals surface area contributed by atoms with Gasteiger partial charge < -0.3 is 9.80 Å². The van der Waals surface area contributed by atoms with Crippen LogP contribution in [-0.2, 0) is 4.66 Å². The van der Waals surface area contributed by atoms with E-state index in [0.717, 1.165) is 11.4 Å². The largest absolute Gasteiger partial charge is 0.310 e. The average molecular weight is 745 g/mol. The number of para-hydroxylation sites is 4. The molecule has 0 N–H and O–H groups in total.